The second-order valence-corrected chi connectivity index (χ2v) is 10.5. The van der Waals surface area contributed by atoms with Gasteiger partial charge < -0.3 is 9.84 Å². The maximum atomic E-state index is 14.0. The summed E-state index contributed by atoms with van der Waals surface area (Å²) in [5.41, 5.74) is -1.20. The number of imide groups is 1. The van der Waals surface area contributed by atoms with E-state index < -0.39 is 58.2 Å². The summed E-state index contributed by atoms with van der Waals surface area (Å²) in [4.78, 5) is 52.2. The number of halogens is 4. The molecule has 3 aromatic carbocycles. The van der Waals surface area contributed by atoms with Gasteiger partial charge in [-0.25, -0.2) is 4.90 Å². The van der Waals surface area contributed by atoms with E-state index in [4.69, 9.17) is 11.6 Å². The molecule has 2 saturated heterocycles. The minimum Gasteiger partial charge on any atom is -0.480 e. The number of hydrogen-bond acceptors (Lipinski definition) is 7. The Bertz CT molecular complexity index is 1610. The van der Waals surface area contributed by atoms with E-state index in [0.717, 1.165) is 17.0 Å². The number of carboxylic acids is 1. The summed E-state index contributed by atoms with van der Waals surface area (Å²) < 4.78 is 42.9. The van der Waals surface area contributed by atoms with E-state index in [1.807, 2.05) is 0 Å². The van der Waals surface area contributed by atoms with Gasteiger partial charge in [-0.05, 0) is 47.9 Å². The van der Waals surface area contributed by atoms with Gasteiger partial charge in [0.15, 0.2) is 0 Å². The summed E-state index contributed by atoms with van der Waals surface area (Å²) in [5, 5.41) is 24.8. The molecule has 2 aliphatic rings. The molecule has 0 saturated carbocycles. The number of fused-ring (bicyclic) bond motifs is 1. The minimum atomic E-state index is -5.01. The van der Waals surface area contributed by atoms with Crippen LogP contribution in [0.4, 0.5) is 24.5 Å². The molecule has 0 radical (unpaired) electrons. The van der Waals surface area contributed by atoms with Crippen molar-refractivity contribution in [3.63, 3.8) is 0 Å². The number of nitrogens with zero attached hydrogens (tertiary/aromatic N) is 2. The third-order valence-electron chi connectivity index (χ3n) is 7.53. The standard InChI is InChI=1S/C28H21ClF3N3O7/c1-14-5-8-18(12-20(14)29)34-24(36)21-22(25(34)37)27(26(38)39,13-15-6-9-17(10-7-15)35(40)41)33-23(21)16-3-2-4-19(11-16)42-28(30,31)32/h2-12,21-23,33H,13H2,1H3,(H,38,39). The van der Waals surface area contributed by atoms with Gasteiger partial charge in [-0.1, -0.05) is 41.9 Å². The number of amides is 2. The molecule has 3 aromatic rings. The first kappa shape index (κ1) is 29.0. The Morgan fingerprint density at radius 2 is 1.81 bits per heavy atom. The highest BCUT2D eigenvalue weighted by molar-refractivity contribution is 6.32. The molecule has 2 fully saturated rings. The number of hydrogen-bond donors (Lipinski definition) is 2. The summed E-state index contributed by atoms with van der Waals surface area (Å²) in [6, 6.07) is 13.0. The Morgan fingerprint density at radius 1 is 1.12 bits per heavy atom. The third-order valence-corrected chi connectivity index (χ3v) is 7.94. The topological polar surface area (TPSA) is 139 Å². The highest BCUT2D eigenvalue weighted by atomic mass is 35.5. The SMILES string of the molecule is Cc1ccc(N2C(=O)C3C(c4cccc(OC(F)(F)F)c4)NC(Cc4ccc([N+](=O)[O-])cc4)(C(=O)O)C3C2=O)cc1Cl. The molecule has 14 heteroatoms. The molecule has 0 spiro atoms. The molecular formula is C28H21ClF3N3O7. The van der Waals surface area contributed by atoms with Gasteiger partial charge in [-0.2, -0.15) is 0 Å². The number of ether oxygens (including phenoxy) is 1. The predicted octanol–water partition coefficient (Wildman–Crippen LogP) is 4.97. The first-order valence-electron chi connectivity index (χ1n) is 12.5. The van der Waals surface area contributed by atoms with Gasteiger partial charge in [-0.15, -0.1) is 13.2 Å². The Morgan fingerprint density at radius 3 is 2.40 bits per heavy atom. The molecule has 0 aromatic heterocycles. The van der Waals surface area contributed by atoms with Crippen molar-refractivity contribution in [1.82, 2.24) is 5.32 Å². The van der Waals surface area contributed by atoms with Gasteiger partial charge in [0.05, 0.1) is 22.4 Å². The largest absolute Gasteiger partial charge is 0.573 e. The Hall–Kier alpha value is -4.49. The fourth-order valence-electron chi connectivity index (χ4n) is 5.66. The molecular weight excluding hydrogens is 583 g/mol. The lowest BCUT2D eigenvalue weighted by Gasteiger charge is -2.31. The van der Waals surface area contributed by atoms with Crippen LogP contribution in [-0.4, -0.2) is 39.7 Å². The predicted molar refractivity (Wildman–Crippen MR) is 142 cm³/mol. The van der Waals surface area contributed by atoms with E-state index in [0.29, 0.717) is 11.1 Å². The third kappa shape index (κ3) is 5.05. The van der Waals surface area contributed by atoms with Crippen LogP contribution in [0, 0.1) is 28.9 Å². The maximum Gasteiger partial charge on any atom is 0.573 e. The molecule has 218 valence electrons. The van der Waals surface area contributed by atoms with Crippen molar-refractivity contribution in [1.29, 1.82) is 0 Å². The highest BCUT2D eigenvalue weighted by Gasteiger charge is 2.68. The lowest BCUT2D eigenvalue weighted by molar-refractivity contribution is -0.384. The summed E-state index contributed by atoms with van der Waals surface area (Å²) >= 11 is 6.24. The van der Waals surface area contributed by atoms with E-state index in [-0.39, 0.29) is 28.4 Å². The molecule has 4 unspecified atom stereocenters. The lowest BCUT2D eigenvalue weighted by atomic mass is 9.76. The first-order chi connectivity index (χ1) is 19.7. The zero-order chi connectivity index (χ0) is 30.6. The molecule has 2 N–H and O–H groups in total. The lowest BCUT2D eigenvalue weighted by Crippen LogP contribution is -2.57. The van der Waals surface area contributed by atoms with E-state index >= 15 is 0 Å². The molecule has 0 aliphatic carbocycles. The van der Waals surface area contributed by atoms with Crippen LogP contribution in [0.5, 0.6) is 5.75 Å². The molecule has 42 heavy (non-hydrogen) atoms. The van der Waals surface area contributed by atoms with Gasteiger partial charge in [-0.3, -0.25) is 29.8 Å². The van der Waals surface area contributed by atoms with Crippen molar-refractivity contribution >= 4 is 40.8 Å². The number of alkyl halides is 3. The van der Waals surface area contributed by atoms with Crippen LogP contribution in [0.2, 0.25) is 5.02 Å². The second-order valence-electron chi connectivity index (χ2n) is 10.1. The summed E-state index contributed by atoms with van der Waals surface area (Å²) in [7, 11) is 0. The highest BCUT2D eigenvalue weighted by Crippen LogP contribution is 2.51. The number of benzene rings is 3. The van der Waals surface area contributed by atoms with Gasteiger partial charge in [0, 0.05) is 29.6 Å². The average Bonchev–Trinajstić information content (AvgIpc) is 3.39. The van der Waals surface area contributed by atoms with Crippen molar-refractivity contribution in [3.8, 4) is 5.75 Å². The number of aryl methyl sites for hydroxylation is 1. The Kier molecular flexibility index (Phi) is 7.19. The number of carboxylic acid groups (broad SMARTS) is 1. The summed E-state index contributed by atoms with van der Waals surface area (Å²) in [5.74, 6) is -6.54. The molecule has 10 nitrogen and oxygen atoms in total. The number of carbonyl (C=O) groups is 3. The maximum absolute atomic E-state index is 14.0. The Balaban J connectivity index is 1.64. The van der Waals surface area contributed by atoms with Gasteiger partial charge in [0.25, 0.3) is 5.69 Å². The van der Waals surface area contributed by atoms with Gasteiger partial charge in [0.2, 0.25) is 11.8 Å². The van der Waals surface area contributed by atoms with Crippen LogP contribution < -0.4 is 15.0 Å². The van der Waals surface area contributed by atoms with Crippen molar-refractivity contribution in [3.05, 3.63) is 98.6 Å². The second kappa shape index (κ2) is 10.4. The fraction of sp³-hybridized carbons (Fsp3) is 0.250. The number of carbonyl (C=O) groups excluding carboxylic acids is 2. The van der Waals surface area contributed by atoms with Crippen LogP contribution in [0.25, 0.3) is 0 Å². The number of aliphatic carboxylic acids is 1. The van der Waals surface area contributed by atoms with Crippen molar-refractivity contribution in [2.75, 3.05) is 4.90 Å². The first-order valence-corrected chi connectivity index (χ1v) is 12.8. The molecule has 2 heterocycles. The van der Waals surface area contributed by atoms with Gasteiger partial charge in [0.1, 0.15) is 11.3 Å². The van der Waals surface area contributed by atoms with E-state index in [1.165, 1.54) is 48.5 Å². The van der Waals surface area contributed by atoms with Crippen LogP contribution in [-0.2, 0) is 20.8 Å². The number of rotatable bonds is 7. The number of non-ortho nitro benzene ring substituents is 1. The van der Waals surface area contributed by atoms with Gasteiger partial charge >= 0.3 is 12.3 Å². The van der Waals surface area contributed by atoms with Crippen LogP contribution in [0.3, 0.4) is 0 Å². The Labute approximate surface area is 240 Å². The summed E-state index contributed by atoms with van der Waals surface area (Å²) in [6.45, 7) is 1.71. The normalized spacial score (nSPS) is 23.6. The van der Waals surface area contributed by atoms with Crippen molar-refractivity contribution < 1.29 is 42.3 Å². The van der Waals surface area contributed by atoms with Crippen LogP contribution in [0.15, 0.2) is 66.7 Å². The number of nitro benzene ring substituents is 1. The molecule has 4 atom stereocenters. The monoisotopic (exact) mass is 603 g/mol. The number of nitro groups is 1. The number of anilines is 1. The summed E-state index contributed by atoms with van der Waals surface area (Å²) in [6.07, 6.45) is -5.39. The average molecular weight is 604 g/mol. The van der Waals surface area contributed by atoms with E-state index in [9.17, 15) is 42.8 Å². The van der Waals surface area contributed by atoms with E-state index in [2.05, 4.69) is 10.1 Å². The molecule has 2 amide bonds. The zero-order valence-corrected chi connectivity index (χ0v) is 22.3. The van der Waals surface area contributed by atoms with Crippen LogP contribution >= 0.6 is 11.6 Å². The minimum absolute atomic E-state index is 0.0866. The number of nitrogens with one attached hydrogen (secondary N) is 1. The van der Waals surface area contributed by atoms with E-state index in [1.54, 1.807) is 13.0 Å². The van der Waals surface area contributed by atoms with Crippen molar-refractivity contribution in [2.45, 2.75) is 31.3 Å². The van der Waals surface area contributed by atoms with Crippen LogP contribution in [0.1, 0.15) is 22.7 Å². The van der Waals surface area contributed by atoms with Crippen molar-refractivity contribution in [2.24, 2.45) is 11.8 Å². The molecule has 2 aliphatic heterocycles. The quantitative estimate of drug-likeness (QED) is 0.219. The smallest absolute Gasteiger partial charge is 0.480 e. The fourth-order valence-corrected chi connectivity index (χ4v) is 5.84. The zero-order valence-electron chi connectivity index (χ0n) is 21.6. The molecule has 5 rings (SSSR count). The molecule has 0 bridgehead atoms.